The van der Waals surface area contributed by atoms with Gasteiger partial charge in [-0.3, -0.25) is 4.79 Å². The summed E-state index contributed by atoms with van der Waals surface area (Å²) < 4.78 is -0.104. The Morgan fingerprint density at radius 2 is 2.33 bits per heavy atom. The van der Waals surface area contributed by atoms with E-state index >= 15 is 0 Å². The highest BCUT2D eigenvalue weighted by atomic mass is 32.2. The lowest BCUT2D eigenvalue weighted by atomic mass is 10.2. The largest absolute Gasteiger partial charge is 0.480 e. The fourth-order valence-electron chi connectivity index (χ4n) is 0.435. The second kappa shape index (κ2) is 4.52. The summed E-state index contributed by atoms with van der Waals surface area (Å²) in [7, 11) is 0. The third-order valence-corrected chi connectivity index (χ3v) is 2.88. The Bertz CT molecular complexity index is 180. The Balaban J connectivity index is 3.83. The Morgan fingerprint density at radius 1 is 1.83 bits per heavy atom. The summed E-state index contributed by atoms with van der Waals surface area (Å²) in [5, 5.41) is 8.49. The Kier molecular flexibility index (Phi) is 4.34. The molecule has 0 heterocycles. The van der Waals surface area contributed by atoms with Crippen molar-refractivity contribution in [1.29, 1.82) is 0 Å². The minimum Gasteiger partial charge on any atom is -0.480 e. The summed E-state index contributed by atoms with van der Waals surface area (Å²) in [6.45, 7) is 7.59. The molecule has 0 bridgehead atoms. The average Bonchev–Trinajstić information content (AvgIpc) is 2.00. The zero-order valence-corrected chi connectivity index (χ0v) is 8.23. The van der Waals surface area contributed by atoms with Crippen LogP contribution in [0.3, 0.4) is 0 Å². The van der Waals surface area contributed by atoms with Crippen molar-refractivity contribution in [3.05, 3.63) is 12.7 Å². The van der Waals surface area contributed by atoms with Gasteiger partial charge in [-0.1, -0.05) is 6.08 Å². The molecular weight excluding hydrogens is 174 g/mol. The first-order valence-corrected chi connectivity index (χ1v) is 4.63. The van der Waals surface area contributed by atoms with Crippen molar-refractivity contribution in [2.45, 2.75) is 24.6 Å². The maximum absolute atomic E-state index is 10.3. The van der Waals surface area contributed by atoms with Gasteiger partial charge in [0.2, 0.25) is 0 Å². The molecular formula is C8H15NO2S. The fourth-order valence-corrected chi connectivity index (χ4v) is 1.30. The Hall–Kier alpha value is -0.480. The minimum absolute atomic E-state index is 0.104. The molecule has 0 unspecified atom stereocenters. The zero-order chi connectivity index (χ0) is 9.78. The van der Waals surface area contributed by atoms with Gasteiger partial charge in [0.25, 0.3) is 0 Å². The van der Waals surface area contributed by atoms with Gasteiger partial charge in [-0.05, 0) is 13.8 Å². The Morgan fingerprint density at radius 3 is 2.67 bits per heavy atom. The second-order valence-corrected chi connectivity index (χ2v) is 4.74. The molecule has 3 nitrogen and oxygen atoms in total. The number of carboxylic acid groups (broad SMARTS) is 1. The van der Waals surface area contributed by atoms with Gasteiger partial charge in [-0.2, -0.15) is 0 Å². The van der Waals surface area contributed by atoms with Crippen molar-refractivity contribution >= 4 is 17.7 Å². The van der Waals surface area contributed by atoms with Crippen LogP contribution in [-0.4, -0.2) is 27.6 Å². The normalized spacial score (nSPS) is 13.9. The molecule has 0 radical (unpaired) electrons. The number of nitrogens with two attached hydrogens (primary N) is 1. The average molecular weight is 189 g/mol. The fraction of sp³-hybridized carbons (Fsp3) is 0.625. The van der Waals surface area contributed by atoms with Gasteiger partial charge in [0, 0.05) is 10.5 Å². The molecule has 0 fully saturated rings. The molecule has 0 aliphatic heterocycles. The molecule has 1 atom stereocenters. The van der Waals surface area contributed by atoms with Crippen LogP contribution in [0.4, 0.5) is 0 Å². The van der Waals surface area contributed by atoms with Gasteiger partial charge in [-0.25, -0.2) is 0 Å². The van der Waals surface area contributed by atoms with Gasteiger partial charge >= 0.3 is 5.97 Å². The van der Waals surface area contributed by atoms with Gasteiger partial charge in [0.15, 0.2) is 0 Å². The standard InChI is InChI=1S/C8H15NO2S/c1-4-8(2,3)12-5-6(9)7(10)11/h4,6H,1,5,9H2,2-3H3,(H,10,11)/t6-/m0/s1. The van der Waals surface area contributed by atoms with Gasteiger partial charge in [-0.15, -0.1) is 18.3 Å². The predicted octanol–water partition coefficient (Wildman–Crippen LogP) is 1.10. The summed E-state index contributed by atoms with van der Waals surface area (Å²) in [5.74, 6) is -0.545. The van der Waals surface area contributed by atoms with Crippen molar-refractivity contribution in [2.24, 2.45) is 5.73 Å². The van der Waals surface area contributed by atoms with Crippen LogP contribution in [0.25, 0.3) is 0 Å². The molecule has 0 aromatic rings. The van der Waals surface area contributed by atoms with E-state index in [4.69, 9.17) is 10.8 Å². The number of hydrogen-bond donors (Lipinski definition) is 2. The summed E-state index contributed by atoms with van der Waals surface area (Å²) in [6.07, 6.45) is 1.78. The number of thioether (sulfide) groups is 1. The van der Waals surface area contributed by atoms with Gasteiger partial charge < -0.3 is 10.8 Å². The summed E-state index contributed by atoms with van der Waals surface area (Å²) in [4.78, 5) is 10.3. The Labute approximate surface area is 77.0 Å². The highest BCUT2D eigenvalue weighted by Crippen LogP contribution is 2.25. The molecule has 0 saturated heterocycles. The first-order valence-electron chi connectivity index (χ1n) is 3.65. The summed E-state index contributed by atoms with van der Waals surface area (Å²) >= 11 is 1.49. The molecule has 0 aliphatic carbocycles. The first-order chi connectivity index (χ1) is 5.39. The zero-order valence-electron chi connectivity index (χ0n) is 7.41. The summed E-state index contributed by atoms with van der Waals surface area (Å²) in [6, 6.07) is -0.783. The van der Waals surface area contributed by atoms with Crippen LogP contribution in [0.2, 0.25) is 0 Å². The maximum Gasteiger partial charge on any atom is 0.321 e. The smallest absolute Gasteiger partial charge is 0.321 e. The van der Waals surface area contributed by atoms with E-state index in [1.54, 1.807) is 6.08 Å². The maximum atomic E-state index is 10.3. The minimum atomic E-state index is -0.956. The molecule has 0 amide bonds. The van der Waals surface area contributed by atoms with Crippen molar-refractivity contribution in [2.75, 3.05) is 5.75 Å². The number of rotatable bonds is 5. The van der Waals surface area contributed by atoms with Crippen molar-refractivity contribution in [3.8, 4) is 0 Å². The highest BCUT2D eigenvalue weighted by Gasteiger charge is 2.18. The lowest BCUT2D eigenvalue weighted by Gasteiger charge is -2.19. The van der Waals surface area contributed by atoms with Crippen molar-refractivity contribution in [1.82, 2.24) is 0 Å². The molecule has 0 saturated carbocycles. The van der Waals surface area contributed by atoms with Crippen LogP contribution in [0.15, 0.2) is 12.7 Å². The molecule has 0 aliphatic rings. The van der Waals surface area contributed by atoms with Gasteiger partial charge in [0.05, 0.1) is 0 Å². The molecule has 0 aromatic carbocycles. The number of carbonyl (C=O) groups is 1. The van der Waals surface area contributed by atoms with Crippen LogP contribution in [-0.2, 0) is 4.79 Å². The number of carboxylic acids is 1. The van der Waals surface area contributed by atoms with E-state index in [0.717, 1.165) is 0 Å². The second-order valence-electron chi connectivity index (χ2n) is 3.06. The van der Waals surface area contributed by atoms with Crippen LogP contribution >= 0.6 is 11.8 Å². The van der Waals surface area contributed by atoms with E-state index in [2.05, 4.69) is 6.58 Å². The SMILES string of the molecule is C=CC(C)(C)SC[C@H](N)C(=O)O. The van der Waals surface area contributed by atoms with Gasteiger partial charge in [0.1, 0.15) is 6.04 Å². The third kappa shape index (κ3) is 4.41. The molecule has 3 N–H and O–H groups in total. The van der Waals surface area contributed by atoms with E-state index in [0.29, 0.717) is 5.75 Å². The lowest BCUT2D eigenvalue weighted by molar-refractivity contribution is -0.137. The van der Waals surface area contributed by atoms with Crippen molar-refractivity contribution < 1.29 is 9.90 Å². The summed E-state index contributed by atoms with van der Waals surface area (Å²) in [5.41, 5.74) is 5.32. The molecule has 0 rings (SSSR count). The van der Waals surface area contributed by atoms with E-state index in [1.807, 2.05) is 13.8 Å². The van der Waals surface area contributed by atoms with Crippen LogP contribution < -0.4 is 5.73 Å². The molecule has 0 aromatic heterocycles. The first kappa shape index (κ1) is 11.5. The molecule has 12 heavy (non-hydrogen) atoms. The van der Waals surface area contributed by atoms with Crippen LogP contribution in [0, 0.1) is 0 Å². The molecule has 4 heteroatoms. The number of hydrogen-bond acceptors (Lipinski definition) is 3. The molecule has 0 spiro atoms. The monoisotopic (exact) mass is 189 g/mol. The topological polar surface area (TPSA) is 63.3 Å². The van der Waals surface area contributed by atoms with E-state index in [9.17, 15) is 4.79 Å². The quantitative estimate of drug-likeness (QED) is 0.636. The van der Waals surface area contributed by atoms with E-state index in [1.165, 1.54) is 11.8 Å². The van der Waals surface area contributed by atoms with Crippen molar-refractivity contribution in [3.63, 3.8) is 0 Å². The van der Waals surface area contributed by atoms with Crippen LogP contribution in [0.5, 0.6) is 0 Å². The van der Waals surface area contributed by atoms with E-state index < -0.39 is 12.0 Å². The van der Waals surface area contributed by atoms with E-state index in [-0.39, 0.29) is 4.75 Å². The lowest BCUT2D eigenvalue weighted by Crippen LogP contribution is -2.34. The highest BCUT2D eigenvalue weighted by molar-refractivity contribution is 8.00. The predicted molar refractivity (Wildman–Crippen MR) is 52.3 cm³/mol. The molecule has 70 valence electrons. The van der Waals surface area contributed by atoms with Crippen LogP contribution in [0.1, 0.15) is 13.8 Å². The third-order valence-electron chi connectivity index (χ3n) is 1.44. The number of aliphatic carboxylic acids is 1.